The molecule has 20 heavy (non-hydrogen) atoms. The molecule has 0 bridgehead atoms. The van der Waals surface area contributed by atoms with Gasteiger partial charge in [0.25, 0.3) is 0 Å². The Hall–Kier alpha value is -0.870. The van der Waals surface area contributed by atoms with E-state index in [0.717, 1.165) is 11.7 Å². The minimum atomic E-state index is 0.410. The van der Waals surface area contributed by atoms with Gasteiger partial charge in [-0.15, -0.1) is 0 Å². The van der Waals surface area contributed by atoms with Crippen LogP contribution in [-0.4, -0.2) is 22.6 Å². The molecule has 4 nitrogen and oxygen atoms in total. The summed E-state index contributed by atoms with van der Waals surface area (Å²) >= 11 is 6.07. The van der Waals surface area contributed by atoms with Gasteiger partial charge < -0.3 is 10.1 Å². The summed E-state index contributed by atoms with van der Waals surface area (Å²) in [4.78, 5) is 8.70. The number of nitrogens with one attached hydrogen (secondary N) is 1. The average molecular weight is 298 g/mol. The molecule has 1 saturated carbocycles. The monoisotopic (exact) mass is 297 g/mol. The van der Waals surface area contributed by atoms with Crippen LogP contribution in [0.3, 0.4) is 0 Å². The van der Waals surface area contributed by atoms with Gasteiger partial charge in [0.1, 0.15) is 17.6 Å². The lowest BCUT2D eigenvalue weighted by molar-refractivity contribution is 0.128. The summed E-state index contributed by atoms with van der Waals surface area (Å²) in [5.74, 6) is 2.20. The third-order valence-corrected chi connectivity index (χ3v) is 4.14. The van der Waals surface area contributed by atoms with Gasteiger partial charge in [-0.3, -0.25) is 0 Å². The van der Waals surface area contributed by atoms with E-state index in [1.165, 1.54) is 32.1 Å². The molecule has 1 heterocycles. The summed E-state index contributed by atoms with van der Waals surface area (Å²) in [6, 6.07) is 2.30. The van der Waals surface area contributed by atoms with Crippen molar-refractivity contribution in [2.75, 3.05) is 11.9 Å². The van der Waals surface area contributed by atoms with Crippen molar-refractivity contribution in [3.05, 3.63) is 17.0 Å². The highest BCUT2D eigenvalue weighted by Crippen LogP contribution is 2.29. The molecule has 1 N–H and O–H groups in total. The Morgan fingerprint density at radius 1 is 1.30 bits per heavy atom. The van der Waals surface area contributed by atoms with Crippen LogP contribution in [0.15, 0.2) is 6.07 Å². The van der Waals surface area contributed by atoms with Crippen molar-refractivity contribution >= 4 is 17.4 Å². The molecular formula is C15H24ClN3O. The molecule has 2 rings (SSSR count). The van der Waals surface area contributed by atoms with Crippen LogP contribution < -0.4 is 5.32 Å². The molecule has 2 unspecified atom stereocenters. The van der Waals surface area contributed by atoms with Crippen LogP contribution in [0.4, 0.5) is 5.82 Å². The number of nitrogens with zero attached hydrogens (tertiary/aromatic N) is 2. The van der Waals surface area contributed by atoms with Crippen molar-refractivity contribution in [3.8, 4) is 0 Å². The van der Waals surface area contributed by atoms with E-state index in [-0.39, 0.29) is 0 Å². The van der Waals surface area contributed by atoms with Gasteiger partial charge in [0.15, 0.2) is 5.82 Å². The van der Waals surface area contributed by atoms with E-state index in [4.69, 9.17) is 16.3 Å². The number of rotatable bonds is 6. The third-order valence-electron chi connectivity index (χ3n) is 3.94. The first-order valence-electron chi connectivity index (χ1n) is 7.60. The van der Waals surface area contributed by atoms with Gasteiger partial charge in [0.2, 0.25) is 0 Å². The molecule has 0 saturated heterocycles. The lowest BCUT2D eigenvalue weighted by atomic mass is 9.83. The minimum absolute atomic E-state index is 0.410. The lowest BCUT2D eigenvalue weighted by Gasteiger charge is -2.32. The van der Waals surface area contributed by atoms with Crippen molar-refractivity contribution in [2.45, 2.75) is 58.6 Å². The highest BCUT2D eigenvalue weighted by Gasteiger charge is 2.23. The van der Waals surface area contributed by atoms with E-state index < -0.39 is 0 Å². The Bertz CT molecular complexity index is 428. The second-order valence-corrected chi connectivity index (χ2v) is 5.72. The van der Waals surface area contributed by atoms with Crippen LogP contribution in [0.1, 0.15) is 51.8 Å². The minimum Gasteiger partial charge on any atom is -0.374 e. The van der Waals surface area contributed by atoms with E-state index in [2.05, 4.69) is 22.2 Å². The summed E-state index contributed by atoms with van der Waals surface area (Å²) < 4.78 is 5.35. The molecule has 0 amide bonds. The number of ether oxygens (including phenoxy) is 1. The van der Waals surface area contributed by atoms with Gasteiger partial charge in [-0.2, -0.15) is 0 Å². The Balaban J connectivity index is 2.05. The fourth-order valence-corrected chi connectivity index (χ4v) is 3.07. The summed E-state index contributed by atoms with van der Waals surface area (Å²) in [6.45, 7) is 5.28. The maximum atomic E-state index is 6.07. The molecule has 1 aromatic rings. The zero-order valence-electron chi connectivity index (χ0n) is 12.4. The molecule has 0 aromatic carbocycles. The van der Waals surface area contributed by atoms with E-state index in [0.29, 0.717) is 30.2 Å². The summed E-state index contributed by atoms with van der Waals surface area (Å²) in [5.41, 5.74) is 0. The lowest BCUT2D eigenvalue weighted by Crippen LogP contribution is -2.32. The fourth-order valence-electron chi connectivity index (χ4n) is 2.87. The summed E-state index contributed by atoms with van der Waals surface area (Å²) in [6.07, 6.45) is 6.36. The Morgan fingerprint density at radius 2 is 2.10 bits per heavy atom. The van der Waals surface area contributed by atoms with E-state index in [1.807, 2.05) is 6.92 Å². The van der Waals surface area contributed by atoms with Crippen LogP contribution in [0, 0.1) is 5.92 Å². The van der Waals surface area contributed by atoms with Gasteiger partial charge in [0, 0.05) is 18.7 Å². The molecule has 0 radical (unpaired) electrons. The maximum absolute atomic E-state index is 6.07. The average Bonchev–Trinajstić information content (AvgIpc) is 2.45. The van der Waals surface area contributed by atoms with Crippen LogP contribution in [0.2, 0.25) is 5.15 Å². The Morgan fingerprint density at radius 3 is 2.85 bits per heavy atom. The molecule has 0 spiro atoms. The molecule has 112 valence electrons. The standard InChI is InChI=1S/C15H24ClN3O/c1-3-11-7-5-6-8-12(11)17-14-9-13(16)18-15(19-14)10-20-4-2/h9,11-12H,3-8,10H2,1-2H3,(H,17,18,19). The maximum Gasteiger partial charge on any atom is 0.158 e. The van der Waals surface area contributed by atoms with Gasteiger partial charge in [-0.25, -0.2) is 9.97 Å². The molecule has 1 fully saturated rings. The molecular weight excluding hydrogens is 274 g/mol. The second kappa shape index (κ2) is 7.79. The molecule has 5 heteroatoms. The number of hydrogen-bond acceptors (Lipinski definition) is 4. The summed E-state index contributed by atoms with van der Waals surface area (Å²) in [5, 5.41) is 4.02. The van der Waals surface area contributed by atoms with E-state index in [9.17, 15) is 0 Å². The molecule has 0 aliphatic heterocycles. The zero-order chi connectivity index (χ0) is 14.4. The first-order chi connectivity index (χ1) is 9.72. The van der Waals surface area contributed by atoms with Crippen molar-refractivity contribution in [2.24, 2.45) is 5.92 Å². The van der Waals surface area contributed by atoms with Crippen molar-refractivity contribution in [1.29, 1.82) is 0 Å². The Kier molecular flexibility index (Phi) is 6.05. The predicted octanol–water partition coefficient (Wildman–Crippen LogP) is 4.05. The van der Waals surface area contributed by atoms with E-state index in [1.54, 1.807) is 6.07 Å². The van der Waals surface area contributed by atoms with Crippen LogP contribution in [0.25, 0.3) is 0 Å². The van der Waals surface area contributed by atoms with E-state index >= 15 is 0 Å². The quantitative estimate of drug-likeness (QED) is 0.805. The number of hydrogen-bond donors (Lipinski definition) is 1. The largest absolute Gasteiger partial charge is 0.374 e. The first-order valence-corrected chi connectivity index (χ1v) is 7.98. The van der Waals surface area contributed by atoms with Crippen LogP contribution in [0.5, 0.6) is 0 Å². The third kappa shape index (κ3) is 4.32. The van der Waals surface area contributed by atoms with Crippen LogP contribution >= 0.6 is 11.6 Å². The SMILES string of the molecule is CCOCc1nc(Cl)cc(NC2CCCCC2CC)n1. The van der Waals surface area contributed by atoms with Crippen LogP contribution in [-0.2, 0) is 11.3 Å². The normalized spacial score (nSPS) is 22.8. The highest BCUT2D eigenvalue weighted by atomic mass is 35.5. The number of halogens is 1. The fraction of sp³-hybridized carbons (Fsp3) is 0.733. The highest BCUT2D eigenvalue weighted by molar-refractivity contribution is 6.29. The first kappa shape index (κ1) is 15.5. The topological polar surface area (TPSA) is 47.0 Å². The van der Waals surface area contributed by atoms with Crippen molar-refractivity contribution < 1.29 is 4.74 Å². The molecule has 1 aromatic heterocycles. The van der Waals surface area contributed by atoms with Gasteiger partial charge in [-0.1, -0.05) is 37.8 Å². The van der Waals surface area contributed by atoms with Crippen molar-refractivity contribution in [3.63, 3.8) is 0 Å². The molecule has 2 atom stereocenters. The molecule has 1 aliphatic rings. The smallest absolute Gasteiger partial charge is 0.158 e. The molecule has 1 aliphatic carbocycles. The zero-order valence-corrected chi connectivity index (χ0v) is 13.1. The van der Waals surface area contributed by atoms with Gasteiger partial charge >= 0.3 is 0 Å². The van der Waals surface area contributed by atoms with Gasteiger partial charge in [-0.05, 0) is 25.7 Å². The number of anilines is 1. The second-order valence-electron chi connectivity index (χ2n) is 5.33. The van der Waals surface area contributed by atoms with Gasteiger partial charge in [0.05, 0.1) is 0 Å². The number of aromatic nitrogens is 2. The summed E-state index contributed by atoms with van der Waals surface area (Å²) in [7, 11) is 0. The Labute approximate surface area is 126 Å². The van der Waals surface area contributed by atoms with Crippen molar-refractivity contribution in [1.82, 2.24) is 9.97 Å². The predicted molar refractivity (Wildman–Crippen MR) is 82.0 cm³/mol.